The van der Waals surface area contributed by atoms with Crippen molar-refractivity contribution in [3.8, 4) is 0 Å². The number of hydroxylamine groups is 2. The molecule has 0 N–H and O–H groups in total. The van der Waals surface area contributed by atoms with Crippen LogP contribution >= 0.6 is 11.5 Å². The zero-order valence-corrected chi connectivity index (χ0v) is 19.4. The molecule has 5 rings (SSSR count). The molecule has 2 aromatic rings. The minimum Gasteiger partial charge on any atom is -0.353 e. The fraction of sp³-hybridized carbons (Fsp3) is 0.625. The molecule has 3 fully saturated rings. The summed E-state index contributed by atoms with van der Waals surface area (Å²) in [6.07, 6.45) is 7.06. The molecule has 0 unspecified atom stereocenters. The van der Waals surface area contributed by atoms with Gasteiger partial charge in [0.25, 0.3) is 11.8 Å². The average Bonchev–Trinajstić information content (AvgIpc) is 3.43. The largest absolute Gasteiger partial charge is 0.353 e. The van der Waals surface area contributed by atoms with Gasteiger partial charge in [0.1, 0.15) is 5.82 Å². The number of benzene rings is 1. The first-order valence-corrected chi connectivity index (χ1v) is 12.7. The fourth-order valence-electron chi connectivity index (χ4n) is 5.49. The van der Waals surface area contributed by atoms with Crippen molar-refractivity contribution in [3.63, 3.8) is 0 Å². The monoisotopic (exact) mass is 456 g/mol. The van der Waals surface area contributed by atoms with Crippen molar-refractivity contribution in [2.24, 2.45) is 5.41 Å². The van der Waals surface area contributed by atoms with Crippen molar-refractivity contribution in [1.29, 1.82) is 0 Å². The number of imide groups is 1. The lowest BCUT2D eigenvalue weighted by Gasteiger charge is -2.36. The Morgan fingerprint density at radius 3 is 2.44 bits per heavy atom. The van der Waals surface area contributed by atoms with Gasteiger partial charge in [-0.05, 0) is 61.3 Å². The highest BCUT2D eigenvalue weighted by atomic mass is 32.1. The second-order valence-electron chi connectivity index (χ2n) is 9.51. The number of hydrogen-bond acceptors (Lipinski definition) is 7. The Morgan fingerprint density at radius 1 is 0.969 bits per heavy atom. The van der Waals surface area contributed by atoms with Gasteiger partial charge < -0.3 is 4.90 Å². The number of fused-ring (bicyclic) bond motifs is 1. The van der Waals surface area contributed by atoms with Crippen molar-refractivity contribution < 1.29 is 14.4 Å². The van der Waals surface area contributed by atoms with E-state index in [1.165, 1.54) is 10.1 Å². The SMILES string of the molecule is O=C1CC2(CCCC2)CC(=O)N1OCCCCN1CCN(c2nsc3ccccc23)CC1. The van der Waals surface area contributed by atoms with Crippen LogP contribution in [0.25, 0.3) is 10.1 Å². The maximum absolute atomic E-state index is 12.4. The lowest BCUT2D eigenvalue weighted by atomic mass is 9.77. The van der Waals surface area contributed by atoms with Crippen molar-refractivity contribution >= 4 is 39.3 Å². The molecule has 0 atom stereocenters. The predicted molar refractivity (Wildman–Crippen MR) is 125 cm³/mol. The number of anilines is 1. The van der Waals surface area contributed by atoms with Crippen LogP contribution in [0.5, 0.6) is 0 Å². The minimum absolute atomic E-state index is 0.0685. The molecular formula is C24H32N4O3S. The topological polar surface area (TPSA) is 66.0 Å². The highest BCUT2D eigenvalue weighted by molar-refractivity contribution is 7.13. The van der Waals surface area contributed by atoms with Crippen LogP contribution in [0.2, 0.25) is 0 Å². The molecule has 1 aromatic carbocycles. The Bertz CT molecular complexity index is 943. The number of carbonyl (C=O) groups excluding carboxylic acids is 2. The van der Waals surface area contributed by atoms with Gasteiger partial charge in [0, 0.05) is 44.4 Å². The Balaban J connectivity index is 1.01. The normalized spacial score (nSPS) is 21.9. The summed E-state index contributed by atoms with van der Waals surface area (Å²) in [4.78, 5) is 35.4. The summed E-state index contributed by atoms with van der Waals surface area (Å²) in [6.45, 7) is 5.47. The van der Waals surface area contributed by atoms with Gasteiger partial charge >= 0.3 is 0 Å². The number of nitrogens with zero attached hydrogens (tertiary/aromatic N) is 4. The zero-order valence-electron chi connectivity index (χ0n) is 18.6. The summed E-state index contributed by atoms with van der Waals surface area (Å²) >= 11 is 1.57. The van der Waals surface area contributed by atoms with E-state index < -0.39 is 0 Å². The molecule has 0 bridgehead atoms. The van der Waals surface area contributed by atoms with Crippen LogP contribution in [0.15, 0.2) is 24.3 Å². The van der Waals surface area contributed by atoms with Crippen LogP contribution < -0.4 is 4.90 Å². The molecule has 3 heterocycles. The van der Waals surface area contributed by atoms with Crippen LogP contribution in [-0.4, -0.2) is 65.5 Å². The molecule has 1 spiro atoms. The number of rotatable bonds is 7. The van der Waals surface area contributed by atoms with E-state index in [2.05, 4.69) is 38.4 Å². The molecule has 1 saturated carbocycles. The lowest BCUT2D eigenvalue weighted by molar-refractivity contribution is -0.205. The molecule has 32 heavy (non-hydrogen) atoms. The molecular weight excluding hydrogens is 424 g/mol. The number of piperidine rings is 1. The van der Waals surface area contributed by atoms with Crippen LogP contribution in [0.1, 0.15) is 51.4 Å². The first-order chi connectivity index (χ1) is 15.6. The summed E-state index contributed by atoms with van der Waals surface area (Å²) in [6, 6.07) is 8.43. The number of carbonyl (C=O) groups is 2. The summed E-state index contributed by atoms with van der Waals surface area (Å²) < 4.78 is 5.93. The van der Waals surface area contributed by atoms with E-state index in [1.807, 2.05) is 0 Å². The Morgan fingerprint density at radius 2 is 1.69 bits per heavy atom. The maximum Gasteiger partial charge on any atom is 0.254 e. The van der Waals surface area contributed by atoms with Gasteiger partial charge in [-0.25, -0.2) is 0 Å². The Labute approximate surface area is 193 Å². The first-order valence-electron chi connectivity index (χ1n) is 11.9. The third-order valence-corrected chi connectivity index (χ3v) is 8.11. The molecule has 172 valence electrons. The minimum atomic E-state index is -0.145. The van der Waals surface area contributed by atoms with E-state index in [0.717, 1.165) is 82.1 Å². The van der Waals surface area contributed by atoms with Gasteiger partial charge in [-0.15, -0.1) is 0 Å². The van der Waals surface area contributed by atoms with Crippen LogP contribution in [0, 0.1) is 5.41 Å². The number of amides is 2. The van der Waals surface area contributed by atoms with E-state index in [4.69, 9.17) is 4.84 Å². The number of hydrogen-bond donors (Lipinski definition) is 0. The van der Waals surface area contributed by atoms with Gasteiger partial charge in [0.05, 0.1) is 11.3 Å². The smallest absolute Gasteiger partial charge is 0.254 e. The fourth-order valence-corrected chi connectivity index (χ4v) is 6.28. The predicted octanol–water partition coefficient (Wildman–Crippen LogP) is 3.84. The maximum atomic E-state index is 12.4. The van der Waals surface area contributed by atoms with Gasteiger partial charge in [-0.1, -0.05) is 25.0 Å². The van der Waals surface area contributed by atoms with Gasteiger partial charge in [0.2, 0.25) is 0 Å². The third kappa shape index (κ3) is 4.54. The molecule has 1 aromatic heterocycles. The first kappa shape index (κ1) is 21.8. The average molecular weight is 457 g/mol. The summed E-state index contributed by atoms with van der Waals surface area (Å²) in [5, 5.41) is 2.31. The molecule has 1 aliphatic carbocycles. The molecule has 8 heteroatoms. The van der Waals surface area contributed by atoms with Crippen molar-refractivity contribution in [3.05, 3.63) is 24.3 Å². The van der Waals surface area contributed by atoms with Gasteiger partial charge in [-0.2, -0.15) is 9.44 Å². The molecule has 0 radical (unpaired) electrons. The lowest BCUT2D eigenvalue weighted by Crippen LogP contribution is -2.47. The highest BCUT2D eigenvalue weighted by Gasteiger charge is 2.45. The van der Waals surface area contributed by atoms with E-state index in [1.54, 1.807) is 11.5 Å². The van der Waals surface area contributed by atoms with Gasteiger partial charge in [0.15, 0.2) is 0 Å². The van der Waals surface area contributed by atoms with E-state index in [-0.39, 0.29) is 17.2 Å². The quantitative estimate of drug-likeness (QED) is 0.466. The summed E-state index contributed by atoms with van der Waals surface area (Å²) in [5.41, 5.74) is -0.0685. The number of aromatic nitrogens is 1. The number of piperazine rings is 1. The third-order valence-electron chi connectivity index (χ3n) is 7.29. The number of unbranched alkanes of at least 4 members (excludes halogenated alkanes) is 1. The zero-order chi connectivity index (χ0) is 22.0. The Kier molecular flexibility index (Phi) is 6.44. The van der Waals surface area contributed by atoms with Crippen LogP contribution in [0.3, 0.4) is 0 Å². The van der Waals surface area contributed by atoms with Crippen molar-refractivity contribution in [2.45, 2.75) is 51.4 Å². The highest BCUT2D eigenvalue weighted by Crippen LogP contribution is 2.46. The van der Waals surface area contributed by atoms with E-state index >= 15 is 0 Å². The molecule has 3 aliphatic rings. The summed E-state index contributed by atoms with van der Waals surface area (Å²) in [7, 11) is 0. The van der Waals surface area contributed by atoms with E-state index in [0.29, 0.717) is 19.4 Å². The van der Waals surface area contributed by atoms with E-state index in [9.17, 15) is 9.59 Å². The molecule has 7 nitrogen and oxygen atoms in total. The standard InChI is InChI=1S/C24H32N4O3S/c29-21-17-24(9-3-4-10-24)18-22(30)28(21)31-16-6-5-11-26-12-14-27(15-13-26)23-19-7-1-2-8-20(19)32-25-23/h1-2,7-8H,3-6,9-18H2. The van der Waals surface area contributed by atoms with Crippen molar-refractivity contribution in [1.82, 2.24) is 14.3 Å². The molecule has 2 amide bonds. The summed E-state index contributed by atoms with van der Waals surface area (Å²) in [5.74, 6) is 0.830. The second-order valence-corrected chi connectivity index (χ2v) is 10.3. The second kappa shape index (κ2) is 9.45. The Hall–Kier alpha value is -2.03. The molecule has 2 saturated heterocycles. The van der Waals surface area contributed by atoms with Gasteiger partial charge in [-0.3, -0.25) is 19.3 Å². The van der Waals surface area contributed by atoms with Crippen molar-refractivity contribution in [2.75, 3.05) is 44.2 Å². The van der Waals surface area contributed by atoms with Crippen LogP contribution in [0.4, 0.5) is 5.82 Å². The molecule has 2 aliphatic heterocycles. The van der Waals surface area contributed by atoms with Crippen LogP contribution in [-0.2, 0) is 14.4 Å².